The molecule has 0 heterocycles. The number of hydrogen-bond donors (Lipinski definition) is 0. The molecule has 0 bridgehead atoms. The van der Waals surface area contributed by atoms with Gasteiger partial charge >= 0.3 is 0 Å². The number of aldehydes is 1. The van der Waals surface area contributed by atoms with E-state index in [-0.39, 0.29) is 5.56 Å². The molecule has 0 fully saturated rings. The summed E-state index contributed by atoms with van der Waals surface area (Å²) in [6.45, 7) is 0. The zero-order valence-electron chi connectivity index (χ0n) is 9.10. The van der Waals surface area contributed by atoms with Gasteiger partial charge in [-0.05, 0) is 17.7 Å². The van der Waals surface area contributed by atoms with Gasteiger partial charge in [-0.2, -0.15) is 0 Å². The zero-order chi connectivity index (χ0) is 12.1. The summed E-state index contributed by atoms with van der Waals surface area (Å²) in [5.41, 5.74) is 1.25. The van der Waals surface area contributed by atoms with Gasteiger partial charge in [0.05, 0.1) is 5.56 Å². The minimum atomic E-state index is -0.427. The van der Waals surface area contributed by atoms with Crippen molar-refractivity contribution in [3.8, 4) is 0 Å². The van der Waals surface area contributed by atoms with Gasteiger partial charge in [-0.25, -0.2) is 4.39 Å². The molecule has 2 aromatic rings. The molecule has 2 aromatic carbocycles. The molecule has 0 N–H and O–H groups in total. The summed E-state index contributed by atoms with van der Waals surface area (Å²) >= 11 is 1.40. The molecule has 2 rings (SSSR count). The normalized spacial score (nSPS) is 10.2. The molecule has 0 aliphatic heterocycles. The molecule has 86 valence electrons. The largest absolute Gasteiger partial charge is 0.298 e. The fourth-order valence-corrected chi connectivity index (χ4v) is 2.40. The topological polar surface area (TPSA) is 17.1 Å². The molecule has 0 aromatic heterocycles. The van der Waals surface area contributed by atoms with Crippen LogP contribution in [0.5, 0.6) is 0 Å². The molecule has 0 radical (unpaired) electrons. The second-order valence-corrected chi connectivity index (χ2v) is 4.57. The first-order valence-corrected chi connectivity index (χ1v) is 6.20. The Bertz CT molecular complexity index is 511. The van der Waals surface area contributed by atoms with Crippen molar-refractivity contribution in [3.63, 3.8) is 0 Å². The minimum Gasteiger partial charge on any atom is -0.298 e. The van der Waals surface area contributed by atoms with E-state index in [1.807, 2.05) is 30.3 Å². The molecule has 0 saturated heterocycles. The summed E-state index contributed by atoms with van der Waals surface area (Å²) < 4.78 is 13.7. The molecule has 0 amide bonds. The molecule has 1 nitrogen and oxygen atoms in total. The molecule has 17 heavy (non-hydrogen) atoms. The zero-order valence-corrected chi connectivity index (χ0v) is 9.91. The molecule has 0 atom stereocenters. The minimum absolute atomic E-state index is 0.114. The highest BCUT2D eigenvalue weighted by atomic mass is 32.2. The van der Waals surface area contributed by atoms with Crippen LogP contribution < -0.4 is 0 Å². The molecule has 0 spiro atoms. The van der Waals surface area contributed by atoms with Crippen molar-refractivity contribution in [1.29, 1.82) is 0 Å². The van der Waals surface area contributed by atoms with Crippen LogP contribution in [0.1, 0.15) is 15.9 Å². The van der Waals surface area contributed by atoms with Gasteiger partial charge < -0.3 is 0 Å². The Balaban J connectivity index is 2.12. The molecule has 0 aliphatic carbocycles. The average Bonchev–Trinajstić information content (AvgIpc) is 2.39. The number of carbonyl (C=O) groups is 1. The van der Waals surface area contributed by atoms with Crippen LogP contribution in [0.25, 0.3) is 0 Å². The highest BCUT2D eigenvalue weighted by molar-refractivity contribution is 7.98. The third-order valence-corrected chi connectivity index (χ3v) is 3.46. The van der Waals surface area contributed by atoms with Gasteiger partial charge in [0, 0.05) is 10.6 Å². The molecule has 0 saturated carbocycles. The van der Waals surface area contributed by atoms with Crippen molar-refractivity contribution in [2.24, 2.45) is 0 Å². The lowest BCUT2D eigenvalue weighted by molar-refractivity contribution is 0.111. The second kappa shape index (κ2) is 5.64. The summed E-state index contributed by atoms with van der Waals surface area (Å²) in [6, 6.07) is 14.7. The van der Waals surface area contributed by atoms with Crippen molar-refractivity contribution in [2.75, 3.05) is 0 Å². The maximum Gasteiger partial charge on any atom is 0.153 e. The fourth-order valence-electron chi connectivity index (χ4n) is 1.47. The van der Waals surface area contributed by atoms with Crippen LogP contribution in [-0.4, -0.2) is 6.29 Å². The maximum atomic E-state index is 13.7. The lowest BCUT2D eigenvalue weighted by Gasteiger charge is -2.04. The van der Waals surface area contributed by atoms with E-state index < -0.39 is 5.82 Å². The van der Waals surface area contributed by atoms with Crippen LogP contribution in [0.3, 0.4) is 0 Å². The number of hydrogen-bond acceptors (Lipinski definition) is 2. The molecule has 0 aliphatic rings. The standard InChI is InChI=1S/C14H11FOS/c15-14-12(9-16)7-4-8-13(14)17-10-11-5-2-1-3-6-11/h1-9H,10H2. The van der Waals surface area contributed by atoms with Gasteiger partial charge in [-0.3, -0.25) is 4.79 Å². The van der Waals surface area contributed by atoms with Crippen LogP contribution in [-0.2, 0) is 5.75 Å². The number of carbonyl (C=O) groups excluding carboxylic acids is 1. The summed E-state index contributed by atoms with van der Waals surface area (Å²) in [7, 11) is 0. The van der Waals surface area contributed by atoms with E-state index in [1.54, 1.807) is 12.1 Å². The fraction of sp³-hybridized carbons (Fsp3) is 0.0714. The number of thioether (sulfide) groups is 1. The summed E-state index contributed by atoms with van der Waals surface area (Å²) in [4.78, 5) is 11.1. The van der Waals surface area contributed by atoms with Gasteiger partial charge in [0.2, 0.25) is 0 Å². The summed E-state index contributed by atoms with van der Waals surface area (Å²) in [6.07, 6.45) is 0.544. The Kier molecular flexibility index (Phi) is 3.94. The smallest absolute Gasteiger partial charge is 0.153 e. The first-order valence-electron chi connectivity index (χ1n) is 5.21. The van der Waals surface area contributed by atoms with Crippen molar-refractivity contribution < 1.29 is 9.18 Å². The second-order valence-electron chi connectivity index (χ2n) is 3.55. The van der Waals surface area contributed by atoms with Gasteiger partial charge in [-0.15, -0.1) is 11.8 Å². The molecule has 3 heteroatoms. The van der Waals surface area contributed by atoms with Crippen molar-refractivity contribution in [3.05, 3.63) is 65.5 Å². The van der Waals surface area contributed by atoms with E-state index in [0.29, 0.717) is 16.9 Å². The van der Waals surface area contributed by atoms with Gasteiger partial charge in [0.25, 0.3) is 0 Å². The Labute approximate surface area is 104 Å². The Morgan fingerprint density at radius 2 is 1.82 bits per heavy atom. The van der Waals surface area contributed by atoms with Crippen LogP contribution in [0.4, 0.5) is 4.39 Å². The third kappa shape index (κ3) is 2.94. The molecular formula is C14H11FOS. The lowest BCUT2D eigenvalue weighted by atomic mass is 10.2. The SMILES string of the molecule is O=Cc1cccc(SCc2ccccc2)c1F. The van der Waals surface area contributed by atoms with Crippen LogP contribution in [0, 0.1) is 5.82 Å². The Morgan fingerprint density at radius 1 is 1.06 bits per heavy atom. The van der Waals surface area contributed by atoms with Crippen molar-refractivity contribution in [2.45, 2.75) is 10.6 Å². The summed E-state index contributed by atoms with van der Waals surface area (Å²) in [5.74, 6) is 0.267. The first-order chi connectivity index (χ1) is 8.31. The number of benzene rings is 2. The highest BCUT2D eigenvalue weighted by Gasteiger charge is 2.07. The van der Waals surface area contributed by atoms with Gasteiger partial charge in [0.1, 0.15) is 5.82 Å². The highest BCUT2D eigenvalue weighted by Crippen LogP contribution is 2.26. The molecular weight excluding hydrogens is 235 g/mol. The van der Waals surface area contributed by atoms with Gasteiger partial charge in [0.15, 0.2) is 6.29 Å². The van der Waals surface area contributed by atoms with E-state index in [4.69, 9.17) is 0 Å². The van der Waals surface area contributed by atoms with E-state index in [9.17, 15) is 9.18 Å². The van der Waals surface area contributed by atoms with Crippen molar-refractivity contribution >= 4 is 18.0 Å². The predicted molar refractivity (Wildman–Crippen MR) is 67.8 cm³/mol. The average molecular weight is 246 g/mol. The Morgan fingerprint density at radius 3 is 2.53 bits per heavy atom. The van der Waals surface area contributed by atoms with Crippen LogP contribution in [0.15, 0.2) is 53.4 Å². The van der Waals surface area contributed by atoms with E-state index in [1.165, 1.54) is 17.8 Å². The van der Waals surface area contributed by atoms with E-state index in [2.05, 4.69) is 0 Å². The van der Waals surface area contributed by atoms with E-state index in [0.717, 1.165) is 5.56 Å². The Hall–Kier alpha value is -1.61. The lowest BCUT2D eigenvalue weighted by Crippen LogP contribution is -1.90. The van der Waals surface area contributed by atoms with Crippen LogP contribution >= 0.6 is 11.8 Å². The van der Waals surface area contributed by atoms with Gasteiger partial charge in [-0.1, -0.05) is 36.4 Å². The first kappa shape index (κ1) is 11.9. The quantitative estimate of drug-likeness (QED) is 0.600. The van der Waals surface area contributed by atoms with Crippen molar-refractivity contribution in [1.82, 2.24) is 0 Å². The monoisotopic (exact) mass is 246 g/mol. The third-order valence-electron chi connectivity index (χ3n) is 2.36. The number of rotatable bonds is 4. The maximum absolute atomic E-state index is 13.7. The predicted octanol–water partition coefficient (Wildman–Crippen LogP) is 3.93. The molecule has 0 unspecified atom stereocenters. The number of halogens is 1. The van der Waals surface area contributed by atoms with E-state index >= 15 is 0 Å². The van der Waals surface area contributed by atoms with Crippen LogP contribution in [0.2, 0.25) is 0 Å². The summed E-state index contributed by atoms with van der Waals surface area (Å²) in [5, 5.41) is 0.